The molecule has 2 saturated heterocycles. The van der Waals surface area contributed by atoms with Crippen LogP contribution in [0.2, 0.25) is 0 Å². The van der Waals surface area contributed by atoms with Crippen molar-refractivity contribution in [2.45, 2.75) is 26.2 Å². The topological polar surface area (TPSA) is 61.0 Å². The molecule has 3 heterocycles. The molecule has 1 unspecified atom stereocenters. The van der Waals surface area contributed by atoms with E-state index in [0.29, 0.717) is 11.9 Å². The highest BCUT2D eigenvalue weighted by Crippen LogP contribution is 2.18. The number of guanidine groups is 1. The minimum atomic E-state index is 0.568. The van der Waals surface area contributed by atoms with Crippen molar-refractivity contribution < 1.29 is 0 Å². The second-order valence-corrected chi connectivity index (χ2v) is 7.83. The summed E-state index contributed by atoms with van der Waals surface area (Å²) < 4.78 is 0. The lowest BCUT2D eigenvalue weighted by atomic mass is 10.1. The van der Waals surface area contributed by atoms with Crippen molar-refractivity contribution in [3.05, 3.63) is 11.6 Å². The Bertz CT molecular complexity index is 503. The van der Waals surface area contributed by atoms with E-state index in [1.165, 1.54) is 32.4 Å². The van der Waals surface area contributed by atoms with Gasteiger partial charge in [0.25, 0.3) is 0 Å². The van der Waals surface area contributed by atoms with Crippen LogP contribution >= 0.6 is 11.3 Å². The van der Waals surface area contributed by atoms with Gasteiger partial charge in [0.15, 0.2) is 11.1 Å². The first-order valence-electron chi connectivity index (χ1n) is 9.14. The molecule has 134 valence electrons. The summed E-state index contributed by atoms with van der Waals surface area (Å²) >= 11 is 1.70. The van der Waals surface area contributed by atoms with Crippen LogP contribution < -0.4 is 10.6 Å². The van der Waals surface area contributed by atoms with Crippen molar-refractivity contribution in [2.75, 3.05) is 57.3 Å². The maximum absolute atomic E-state index is 6.22. The fourth-order valence-electron chi connectivity index (χ4n) is 3.49. The van der Waals surface area contributed by atoms with Gasteiger partial charge < -0.3 is 20.4 Å². The summed E-state index contributed by atoms with van der Waals surface area (Å²) in [5.41, 5.74) is 6.22. The predicted molar refractivity (Wildman–Crippen MR) is 102 cm³/mol. The standard InChI is InChI=1S/C17H30N6S/c1-15(14-21-6-3-2-4-7-21)13-20-16(18)22-8-10-23(11-9-22)17-19-5-12-24-17/h5,12,15H,2-4,6-11,13-14H2,1H3,(H2,18,20). The molecule has 0 bridgehead atoms. The number of nitrogens with two attached hydrogens (primary N) is 1. The molecule has 6 nitrogen and oxygen atoms in total. The van der Waals surface area contributed by atoms with Crippen LogP contribution in [0.25, 0.3) is 0 Å². The molecule has 0 saturated carbocycles. The van der Waals surface area contributed by atoms with Gasteiger partial charge in [0.2, 0.25) is 0 Å². The molecule has 1 atom stereocenters. The Labute approximate surface area is 149 Å². The zero-order valence-corrected chi connectivity index (χ0v) is 15.5. The van der Waals surface area contributed by atoms with Crippen LogP contribution in [0.1, 0.15) is 26.2 Å². The molecular formula is C17H30N6S. The number of hydrogen-bond acceptors (Lipinski definition) is 5. The molecule has 0 radical (unpaired) electrons. The first-order valence-corrected chi connectivity index (χ1v) is 10.0. The third-order valence-corrected chi connectivity index (χ3v) is 5.71. The van der Waals surface area contributed by atoms with Crippen molar-refractivity contribution in [2.24, 2.45) is 16.6 Å². The van der Waals surface area contributed by atoms with Gasteiger partial charge in [-0.05, 0) is 31.8 Å². The Kier molecular flexibility index (Phi) is 6.31. The number of piperidine rings is 1. The zero-order chi connectivity index (χ0) is 16.8. The zero-order valence-electron chi connectivity index (χ0n) is 14.7. The van der Waals surface area contributed by atoms with Crippen LogP contribution in [0, 0.1) is 5.92 Å². The molecule has 2 aliphatic heterocycles. The van der Waals surface area contributed by atoms with Gasteiger partial charge in [-0.3, -0.25) is 4.99 Å². The average Bonchev–Trinajstić information content (AvgIpc) is 3.15. The third-order valence-electron chi connectivity index (χ3n) is 4.88. The molecule has 24 heavy (non-hydrogen) atoms. The van der Waals surface area contributed by atoms with E-state index in [2.05, 4.69) is 31.6 Å². The molecule has 1 aromatic rings. The number of piperazine rings is 1. The number of likely N-dealkylation sites (tertiary alicyclic amines) is 1. The molecule has 0 spiro atoms. The van der Waals surface area contributed by atoms with Crippen molar-refractivity contribution >= 4 is 22.4 Å². The summed E-state index contributed by atoms with van der Waals surface area (Å²) in [5.74, 6) is 1.28. The molecule has 2 fully saturated rings. The van der Waals surface area contributed by atoms with Crippen LogP contribution in [-0.2, 0) is 0 Å². The lowest BCUT2D eigenvalue weighted by Crippen LogP contribution is -2.51. The van der Waals surface area contributed by atoms with Gasteiger partial charge in [-0.15, -0.1) is 11.3 Å². The number of nitrogens with zero attached hydrogens (tertiary/aromatic N) is 5. The fourth-order valence-corrected chi connectivity index (χ4v) is 4.19. The van der Waals surface area contributed by atoms with Crippen LogP contribution in [-0.4, -0.2) is 73.1 Å². The number of rotatable bonds is 5. The molecule has 3 rings (SSSR count). The van der Waals surface area contributed by atoms with Crippen molar-refractivity contribution in [3.63, 3.8) is 0 Å². The van der Waals surface area contributed by atoms with E-state index < -0.39 is 0 Å². The van der Waals surface area contributed by atoms with Crippen LogP contribution in [0.3, 0.4) is 0 Å². The van der Waals surface area contributed by atoms with E-state index in [-0.39, 0.29) is 0 Å². The summed E-state index contributed by atoms with van der Waals surface area (Å²) in [5, 5.41) is 3.14. The molecule has 2 aliphatic rings. The van der Waals surface area contributed by atoms with Gasteiger partial charge in [-0.2, -0.15) is 0 Å². The number of thiazole rings is 1. The first-order chi connectivity index (χ1) is 11.7. The number of aromatic nitrogens is 1. The SMILES string of the molecule is CC(CN=C(N)N1CCN(c2nccs2)CC1)CN1CCCCC1. The Balaban J connectivity index is 1.41. The van der Waals surface area contributed by atoms with Crippen LogP contribution in [0.5, 0.6) is 0 Å². The van der Waals surface area contributed by atoms with E-state index in [1.54, 1.807) is 11.3 Å². The highest BCUT2D eigenvalue weighted by molar-refractivity contribution is 7.13. The quantitative estimate of drug-likeness (QED) is 0.647. The van der Waals surface area contributed by atoms with Crippen molar-refractivity contribution in [3.8, 4) is 0 Å². The molecule has 0 aromatic carbocycles. The predicted octanol–water partition coefficient (Wildman–Crippen LogP) is 1.70. The van der Waals surface area contributed by atoms with Gasteiger partial charge in [0, 0.05) is 50.8 Å². The lowest BCUT2D eigenvalue weighted by molar-refractivity contribution is 0.202. The summed E-state index contributed by atoms with van der Waals surface area (Å²) in [6.07, 6.45) is 5.96. The Morgan fingerprint density at radius 1 is 1.21 bits per heavy atom. The van der Waals surface area contributed by atoms with E-state index in [4.69, 9.17) is 5.73 Å². The fraction of sp³-hybridized carbons (Fsp3) is 0.765. The minimum Gasteiger partial charge on any atom is -0.370 e. The number of aliphatic imine (C=N–C) groups is 1. The average molecular weight is 351 g/mol. The molecular weight excluding hydrogens is 320 g/mol. The maximum Gasteiger partial charge on any atom is 0.191 e. The molecule has 0 amide bonds. The summed E-state index contributed by atoms with van der Waals surface area (Å²) in [6.45, 7) is 10.5. The van der Waals surface area contributed by atoms with Crippen molar-refractivity contribution in [1.82, 2.24) is 14.8 Å². The number of anilines is 1. The number of hydrogen-bond donors (Lipinski definition) is 1. The summed E-state index contributed by atoms with van der Waals surface area (Å²) in [4.78, 5) is 16.2. The molecule has 7 heteroatoms. The highest BCUT2D eigenvalue weighted by Gasteiger charge is 2.20. The summed E-state index contributed by atoms with van der Waals surface area (Å²) in [7, 11) is 0. The van der Waals surface area contributed by atoms with E-state index in [0.717, 1.165) is 44.4 Å². The van der Waals surface area contributed by atoms with Gasteiger partial charge in [0.1, 0.15) is 0 Å². The monoisotopic (exact) mass is 350 g/mol. The van der Waals surface area contributed by atoms with Gasteiger partial charge in [-0.1, -0.05) is 13.3 Å². The smallest absolute Gasteiger partial charge is 0.191 e. The summed E-state index contributed by atoms with van der Waals surface area (Å²) in [6, 6.07) is 0. The Hall–Kier alpha value is -1.34. The maximum atomic E-state index is 6.22. The molecule has 1 aromatic heterocycles. The van der Waals surface area contributed by atoms with Gasteiger partial charge in [-0.25, -0.2) is 4.98 Å². The van der Waals surface area contributed by atoms with Gasteiger partial charge >= 0.3 is 0 Å². The Morgan fingerprint density at radius 3 is 2.62 bits per heavy atom. The second kappa shape index (κ2) is 8.67. The van der Waals surface area contributed by atoms with Crippen molar-refractivity contribution in [1.29, 1.82) is 0 Å². The Morgan fingerprint density at radius 2 is 1.96 bits per heavy atom. The largest absolute Gasteiger partial charge is 0.370 e. The molecule has 2 N–H and O–H groups in total. The van der Waals surface area contributed by atoms with E-state index in [1.807, 2.05) is 11.6 Å². The minimum absolute atomic E-state index is 0.568. The second-order valence-electron chi connectivity index (χ2n) is 6.95. The first kappa shape index (κ1) is 17.5. The van der Waals surface area contributed by atoms with Crippen LogP contribution in [0.4, 0.5) is 5.13 Å². The van der Waals surface area contributed by atoms with E-state index >= 15 is 0 Å². The van der Waals surface area contributed by atoms with E-state index in [9.17, 15) is 0 Å². The highest BCUT2D eigenvalue weighted by atomic mass is 32.1. The normalized spacial score (nSPS) is 22.0. The van der Waals surface area contributed by atoms with Gasteiger partial charge in [0.05, 0.1) is 0 Å². The molecule has 0 aliphatic carbocycles. The van der Waals surface area contributed by atoms with Crippen LogP contribution in [0.15, 0.2) is 16.6 Å². The lowest BCUT2D eigenvalue weighted by Gasteiger charge is -2.35. The third kappa shape index (κ3) is 4.83.